The molecule has 0 aromatic heterocycles. The number of phenolic OH excluding ortho intramolecular Hbond substituents is 1. The summed E-state index contributed by atoms with van der Waals surface area (Å²) < 4.78 is 5.11. The summed E-state index contributed by atoms with van der Waals surface area (Å²) in [7, 11) is 3.62. The molecule has 0 atom stereocenters. The Morgan fingerprint density at radius 1 is 1.40 bits per heavy atom. The summed E-state index contributed by atoms with van der Waals surface area (Å²) in [6.07, 6.45) is 6.48. The number of aromatic hydroxyl groups is 1. The third kappa shape index (κ3) is 4.94. The molecule has 0 saturated carbocycles. The van der Waals surface area contributed by atoms with Crippen molar-refractivity contribution in [2.75, 3.05) is 27.2 Å². The average molecular weight is 273 g/mol. The van der Waals surface area contributed by atoms with Crippen LogP contribution in [0.3, 0.4) is 0 Å². The molecule has 1 aromatic rings. The van der Waals surface area contributed by atoms with Crippen molar-refractivity contribution in [1.82, 2.24) is 4.90 Å². The SMILES string of the molecule is C=C/C=C(\C=C)CN(C)CCc1ccc(O)c(OC)c1. The smallest absolute Gasteiger partial charge is 0.160 e. The first-order valence-corrected chi connectivity index (χ1v) is 6.59. The molecule has 0 aliphatic heterocycles. The Kier molecular flexibility index (Phi) is 6.60. The first kappa shape index (κ1) is 16.1. The van der Waals surface area contributed by atoms with Gasteiger partial charge in [0.25, 0.3) is 0 Å². The molecule has 0 unspecified atom stereocenters. The number of phenols is 1. The molecule has 108 valence electrons. The quantitative estimate of drug-likeness (QED) is 0.738. The Morgan fingerprint density at radius 2 is 2.15 bits per heavy atom. The minimum atomic E-state index is 0.174. The van der Waals surface area contributed by atoms with Crippen LogP contribution in [0.1, 0.15) is 5.56 Å². The van der Waals surface area contributed by atoms with Crippen molar-refractivity contribution in [3.63, 3.8) is 0 Å². The van der Waals surface area contributed by atoms with Crippen LogP contribution in [0.4, 0.5) is 0 Å². The van der Waals surface area contributed by atoms with E-state index in [0.717, 1.165) is 30.6 Å². The van der Waals surface area contributed by atoms with Crippen LogP contribution >= 0.6 is 0 Å². The molecule has 0 aliphatic rings. The maximum absolute atomic E-state index is 9.56. The highest BCUT2D eigenvalue weighted by Crippen LogP contribution is 2.26. The molecule has 0 radical (unpaired) electrons. The van der Waals surface area contributed by atoms with Gasteiger partial charge in [-0.25, -0.2) is 0 Å². The van der Waals surface area contributed by atoms with Crippen molar-refractivity contribution >= 4 is 0 Å². The van der Waals surface area contributed by atoms with E-state index in [4.69, 9.17) is 4.74 Å². The van der Waals surface area contributed by atoms with Gasteiger partial charge >= 0.3 is 0 Å². The van der Waals surface area contributed by atoms with Crippen LogP contribution in [0, 0.1) is 0 Å². The van der Waals surface area contributed by atoms with Crippen molar-refractivity contribution in [2.24, 2.45) is 0 Å². The first-order chi connectivity index (χ1) is 9.60. The maximum Gasteiger partial charge on any atom is 0.160 e. The van der Waals surface area contributed by atoms with Crippen molar-refractivity contribution in [3.05, 3.63) is 60.7 Å². The van der Waals surface area contributed by atoms with E-state index in [0.29, 0.717) is 5.75 Å². The van der Waals surface area contributed by atoms with Crippen LogP contribution in [-0.2, 0) is 6.42 Å². The Morgan fingerprint density at radius 3 is 2.75 bits per heavy atom. The van der Waals surface area contributed by atoms with Gasteiger partial charge in [0.1, 0.15) is 0 Å². The Balaban J connectivity index is 2.56. The molecule has 0 bridgehead atoms. The van der Waals surface area contributed by atoms with Gasteiger partial charge in [-0.2, -0.15) is 0 Å². The molecule has 0 saturated heterocycles. The van der Waals surface area contributed by atoms with Crippen LogP contribution in [0.15, 0.2) is 55.2 Å². The number of allylic oxidation sites excluding steroid dienone is 2. The standard InChI is InChI=1S/C17H23NO2/c1-5-7-14(6-2)13-18(3)11-10-15-8-9-16(19)17(12-15)20-4/h5-9,12,19H,1-2,10-11,13H2,3-4H3/b14-7+. The van der Waals surface area contributed by atoms with Crippen LogP contribution in [0.5, 0.6) is 11.5 Å². The molecule has 0 spiro atoms. The minimum absolute atomic E-state index is 0.174. The average Bonchev–Trinajstić information content (AvgIpc) is 2.45. The number of rotatable bonds is 8. The van der Waals surface area contributed by atoms with E-state index in [9.17, 15) is 5.11 Å². The molecular formula is C17H23NO2. The summed E-state index contributed by atoms with van der Waals surface area (Å²) in [5.74, 6) is 0.691. The van der Waals surface area contributed by atoms with E-state index >= 15 is 0 Å². The Bertz CT molecular complexity index is 492. The third-order valence-electron chi connectivity index (χ3n) is 3.07. The number of likely N-dealkylation sites (N-methyl/N-ethyl adjacent to an activating group) is 1. The van der Waals surface area contributed by atoms with E-state index in [-0.39, 0.29) is 5.75 Å². The lowest BCUT2D eigenvalue weighted by molar-refractivity contribution is 0.364. The van der Waals surface area contributed by atoms with Gasteiger partial charge in [0.05, 0.1) is 7.11 Å². The number of methoxy groups -OCH3 is 1. The van der Waals surface area contributed by atoms with Crippen LogP contribution in [0.25, 0.3) is 0 Å². The molecule has 0 amide bonds. The maximum atomic E-state index is 9.56. The van der Waals surface area contributed by atoms with E-state index in [2.05, 4.69) is 25.1 Å². The predicted molar refractivity (Wildman–Crippen MR) is 84.3 cm³/mol. The van der Waals surface area contributed by atoms with Crippen molar-refractivity contribution in [2.45, 2.75) is 6.42 Å². The largest absolute Gasteiger partial charge is 0.504 e. The van der Waals surface area contributed by atoms with E-state index in [1.54, 1.807) is 19.3 Å². The highest BCUT2D eigenvalue weighted by molar-refractivity contribution is 5.41. The van der Waals surface area contributed by atoms with Gasteiger partial charge in [-0.05, 0) is 36.7 Å². The van der Waals surface area contributed by atoms with Gasteiger partial charge in [-0.15, -0.1) is 0 Å². The van der Waals surface area contributed by atoms with Crippen molar-refractivity contribution in [1.29, 1.82) is 0 Å². The summed E-state index contributed by atoms with van der Waals surface area (Å²) in [6.45, 7) is 9.24. The summed E-state index contributed by atoms with van der Waals surface area (Å²) in [5.41, 5.74) is 2.28. The molecule has 0 aliphatic carbocycles. The molecule has 0 heterocycles. The molecule has 1 rings (SSSR count). The van der Waals surface area contributed by atoms with Crippen molar-refractivity contribution in [3.8, 4) is 11.5 Å². The molecule has 1 N–H and O–H groups in total. The number of ether oxygens (including phenoxy) is 1. The van der Waals surface area contributed by atoms with Crippen LogP contribution in [0.2, 0.25) is 0 Å². The Labute approximate surface area is 121 Å². The number of hydrogen-bond acceptors (Lipinski definition) is 3. The van der Waals surface area contributed by atoms with Gasteiger partial charge in [0.2, 0.25) is 0 Å². The molecule has 3 heteroatoms. The van der Waals surface area contributed by atoms with E-state index in [1.165, 1.54) is 0 Å². The van der Waals surface area contributed by atoms with Crippen molar-refractivity contribution < 1.29 is 9.84 Å². The fraction of sp³-hybridized carbons (Fsp3) is 0.294. The monoisotopic (exact) mass is 273 g/mol. The lowest BCUT2D eigenvalue weighted by Gasteiger charge is -2.17. The van der Waals surface area contributed by atoms with Gasteiger partial charge in [0, 0.05) is 13.1 Å². The third-order valence-corrected chi connectivity index (χ3v) is 3.07. The molecule has 20 heavy (non-hydrogen) atoms. The highest BCUT2D eigenvalue weighted by atomic mass is 16.5. The summed E-state index contributed by atoms with van der Waals surface area (Å²) >= 11 is 0. The topological polar surface area (TPSA) is 32.7 Å². The normalized spacial score (nSPS) is 11.4. The second kappa shape index (κ2) is 8.23. The number of benzene rings is 1. The first-order valence-electron chi connectivity index (χ1n) is 6.59. The van der Waals surface area contributed by atoms with Crippen LogP contribution < -0.4 is 4.74 Å². The van der Waals surface area contributed by atoms with E-state index < -0.39 is 0 Å². The summed E-state index contributed by atoms with van der Waals surface area (Å²) in [6, 6.07) is 5.46. The van der Waals surface area contributed by atoms with Gasteiger partial charge < -0.3 is 14.7 Å². The predicted octanol–water partition coefficient (Wildman–Crippen LogP) is 3.17. The molecule has 3 nitrogen and oxygen atoms in total. The zero-order valence-electron chi connectivity index (χ0n) is 12.3. The molecule has 0 fully saturated rings. The van der Waals surface area contributed by atoms with Gasteiger partial charge in [0.15, 0.2) is 11.5 Å². The fourth-order valence-corrected chi connectivity index (χ4v) is 1.92. The second-order valence-electron chi connectivity index (χ2n) is 4.68. The van der Waals surface area contributed by atoms with E-state index in [1.807, 2.05) is 24.3 Å². The highest BCUT2D eigenvalue weighted by Gasteiger charge is 2.05. The zero-order chi connectivity index (χ0) is 15.0. The van der Waals surface area contributed by atoms with Gasteiger partial charge in [-0.3, -0.25) is 0 Å². The Hall–Kier alpha value is -2.00. The summed E-state index contributed by atoms with van der Waals surface area (Å²) in [4.78, 5) is 2.22. The lowest BCUT2D eigenvalue weighted by Crippen LogP contribution is -2.23. The number of hydrogen-bond donors (Lipinski definition) is 1. The molecular weight excluding hydrogens is 250 g/mol. The van der Waals surface area contributed by atoms with Crippen LogP contribution in [-0.4, -0.2) is 37.3 Å². The van der Waals surface area contributed by atoms with Gasteiger partial charge in [-0.1, -0.05) is 37.5 Å². The summed E-state index contributed by atoms with van der Waals surface area (Å²) in [5, 5.41) is 9.56. The lowest BCUT2D eigenvalue weighted by atomic mass is 10.1. The zero-order valence-corrected chi connectivity index (χ0v) is 12.3. The molecule has 1 aromatic carbocycles. The minimum Gasteiger partial charge on any atom is -0.504 e. The number of nitrogens with zero attached hydrogens (tertiary/aromatic N) is 1. The second-order valence-corrected chi connectivity index (χ2v) is 4.68. The fourth-order valence-electron chi connectivity index (χ4n) is 1.92.